The lowest BCUT2D eigenvalue weighted by Crippen LogP contribution is -2.29. The summed E-state index contributed by atoms with van der Waals surface area (Å²) in [5.41, 5.74) is 1.21. The summed E-state index contributed by atoms with van der Waals surface area (Å²) >= 11 is 5.76. The minimum absolute atomic E-state index is 0.0359. The second kappa shape index (κ2) is 8.34. The van der Waals surface area contributed by atoms with Gasteiger partial charge in [-0.15, -0.1) is 0 Å². The number of esters is 1. The quantitative estimate of drug-likeness (QED) is 0.277. The molecule has 130 valence electrons. The minimum atomic E-state index is -1.23. The van der Waals surface area contributed by atoms with Gasteiger partial charge in [-0.05, 0) is 43.3 Å². The maximum absolute atomic E-state index is 13.8. The lowest BCUT2D eigenvalue weighted by Gasteiger charge is -2.08. The van der Waals surface area contributed by atoms with Crippen molar-refractivity contribution in [2.24, 2.45) is 5.10 Å². The summed E-state index contributed by atoms with van der Waals surface area (Å²) < 4.78 is 32.4. The number of nitrogens with one attached hydrogen (secondary N) is 1. The number of carbonyl (C=O) groups is 2. The summed E-state index contributed by atoms with van der Waals surface area (Å²) in [5.74, 6) is -4.53. The fourth-order valence-corrected chi connectivity index (χ4v) is 1.99. The van der Waals surface area contributed by atoms with E-state index in [2.05, 4.69) is 10.5 Å². The summed E-state index contributed by atoms with van der Waals surface area (Å²) in [6.45, 7) is 1.49. The van der Waals surface area contributed by atoms with Crippen molar-refractivity contribution >= 4 is 34.8 Å². The molecule has 0 aliphatic heterocycles. The Balaban J connectivity index is 2.38. The molecule has 0 heterocycles. The molecule has 2 aromatic carbocycles. The van der Waals surface area contributed by atoms with E-state index in [1.807, 2.05) is 0 Å². The van der Waals surface area contributed by atoms with Crippen molar-refractivity contribution in [3.8, 4) is 0 Å². The SMILES string of the molecule is CCOC(=O)/C(=N\Nc1ccc(Cl)cc1)C(=O)c1c(F)cccc1F. The van der Waals surface area contributed by atoms with E-state index in [1.54, 1.807) is 24.3 Å². The van der Waals surface area contributed by atoms with Crippen LogP contribution in [0, 0.1) is 11.6 Å². The summed E-state index contributed by atoms with van der Waals surface area (Å²) in [6, 6.07) is 9.13. The number of hydrogen-bond acceptors (Lipinski definition) is 5. The van der Waals surface area contributed by atoms with Gasteiger partial charge in [0.25, 0.3) is 0 Å². The van der Waals surface area contributed by atoms with Gasteiger partial charge in [-0.3, -0.25) is 10.2 Å². The van der Waals surface area contributed by atoms with Gasteiger partial charge >= 0.3 is 5.97 Å². The predicted octanol–water partition coefficient (Wildman–Crippen LogP) is 3.83. The molecule has 0 atom stereocenters. The number of ether oxygens (including phenoxy) is 1. The first-order valence-electron chi connectivity index (χ1n) is 7.19. The fourth-order valence-electron chi connectivity index (χ4n) is 1.87. The highest BCUT2D eigenvalue weighted by molar-refractivity contribution is 6.67. The van der Waals surface area contributed by atoms with Gasteiger partial charge in [0.05, 0.1) is 17.9 Å². The fraction of sp³-hybridized carbons (Fsp3) is 0.118. The summed E-state index contributed by atoms with van der Waals surface area (Å²) in [5, 5.41) is 4.14. The second-order valence-corrected chi connectivity index (χ2v) is 5.16. The molecule has 0 amide bonds. The Morgan fingerprint density at radius 3 is 2.28 bits per heavy atom. The molecule has 0 aliphatic rings. The van der Waals surface area contributed by atoms with Crippen molar-refractivity contribution in [1.29, 1.82) is 0 Å². The zero-order chi connectivity index (χ0) is 18.4. The highest BCUT2D eigenvalue weighted by Gasteiger charge is 2.28. The molecule has 25 heavy (non-hydrogen) atoms. The number of halogens is 3. The van der Waals surface area contributed by atoms with E-state index in [4.69, 9.17) is 16.3 Å². The van der Waals surface area contributed by atoms with Gasteiger partial charge < -0.3 is 4.74 Å². The molecular formula is C17H13ClF2N2O3. The zero-order valence-corrected chi connectivity index (χ0v) is 13.8. The molecular weight excluding hydrogens is 354 g/mol. The van der Waals surface area contributed by atoms with Crippen LogP contribution < -0.4 is 5.43 Å². The van der Waals surface area contributed by atoms with Gasteiger partial charge in [-0.1, -0.05) is 17.7 Å². The van der Waals surface area contributed by atoms with Crippen LogP contribution in [0.1, 0.15) is 17.3 Å². The van der Waals surface area contributed by atoms with Crippen molar-refractivity contribution in [3.05, 3.63) is 64.7 Å². The molecule has 0 saturated heterocycles. The lowest BCUT2D eigenvalue weighted by atomic mass is 10.1. The van der Waals surface area contributed by atoms with Crippen LogP contribution in [0.5, 0.6) is 0 Å². The molecule has 0 fully saturated rings. The Morgan fingerprint density at radius 2 is 1.72 bits per heavy atom. The molecule has 0 unspecified atom stereocenters. The first-order valence-corrected chi connectivity index (χ1v) is 7.57. The van der Waals surface area contributed by atoms with E-state index in [-0.39, 0.29) is 6.61 Å². The van der Waals surface area contributed by atoms with Crippen LogP contribution in [0.15, 0.2) is 47.6 Å². The monoisotopic (exact) mass is 366 g/mol. The summed E-state index contributed by atoms with van der Waals surface area (Å²) in [6.07, 6.45) is 0. The summed E-state index contributed by atoms with van der Waals surface area (Å²) in [7, 11) is 0. The maximum atomic E-state index is 13.8. The third-order valence-corrected chi connectivity index (χ3v) is 3.27. The van der Waals surface area contributed by atoms with E-state index in [9.17, 15) is 18.4 Å². The van der Waals surface area contributed by atoms with E-state index in [0.717, 1.165) is 18.2 Å². The van der Waals surface area contributed by atoms with Crippen molar-refractivity contribution < 1.29 is 23.1 Å². The molecule has 2 aromatic rings. The second-order valence-electron chi connectivity index (χ2n) is 4.73. The normalized spacial score (nSPS) is 11.1. The van der Waals surface area contributed by atoms with Crippen LogP contribution in [0.2, 0.25) is 5.02 Å². The highest BCUT2D eigenvalue weighted by atomic mass is 35.5. The van der Waals surface area contributed by atoms with E-state index in [0.29, 0.717) is 10.7 Å². The average molecular weight is 367 g/mol. The summed E-state index contributed by atoms with van der Waals surface area (Å²) in [4.78, 5) is 24.4. The lowest BCUT2D eigenvalue weighted by molar-refractivity contribution is -0.134. The van der Waals surface area contributed by atoms with Crippen LogP contribution >= 0.6 is 11.6 Å². The zero-order valence-electron chi connectivity index (χ0n) is 13.1. The molecule has 0 bridgehead atoms. The molecule has 0 aliphatic carbocycles. The largest absolute Gasteiger partial charge is 0.461 e. The topological polar surface area (TPSA) is 67.8 Å². The Labute approximate surface area is 147 Å². The Hall–Kier alpha value is -2.80. The number of Topliss-reactive ketones (excluding diaryl/α,β-unsaturated/α-hetero) is 1. The number of hydrogen-bond donors (Lipinski definition) is 1. The molecule has 0 radical (unpaired) electrons. The standard InChI is InChI=1S/C17H13ClF2N2O3/c1-2-25-17(24)15(22-21-11-8-6-10(18)7-9-11)16(23)14-12(19)4-3-5-13(14)20/h3-9,21H,2H2,1H3/b22-15-. The van der Waals surface area contributed by atoms with Crippen LogP contribution in [-0.4, -0.2) is 24.1 Å². The molecule has 0 saturated carbocycles. The molecule has 1 N–H and O–H groups in total. The Bertz CT molecular complexity index is 803. The van der Waals surface area contributed by atoms with Crippen molar-refractivity contribution in [2.75, 3.05) is 12.0 Å². The average Bonchev–Trinajstić information content (AvgIpc) is 2.57. The van der Waals surface area contributed by atoms with Gasteiger partial charge in [0.15, 0.2) is 0 Å². The smallest absolute Gasteiger partial charge is 0.362 e. The number of nitrogens with zero attached hydrogens (tertiary/aromatic N) is 1. The van der Waals surface area contributed by atoms with Gasteiger partial charge in [-0.2, -0.15) is 5.10 Å². The third kappa shape index (κ3) is 4.60. The molecule has 2 rings (SSSR count). The van der Waals surface area contributed by atoms with Gasteiger partial charge in [0.1, 0.15) is 11.6 Å². The Kier molecular flexibility index (Phi) is 6.19. The number of anilines is 1. The number of rotatable bonds is 6. The van der Waals surface area contributed by atoms with Gasteiger partial charge in [0.2, 0.25) is 11.5 Å². The third-order valence-electron chi connectivity index (χ3n) is 3.01. The number of benzene rings is 2. The van der Waals surface area contributed by atoms with Crippen LogP contribution in [0.4, 0.5) is 14.5 Å². The highest BCUT2D eigenvalue weighted by Crippen LogP contribution is 2.16. The maximum Gasteiger partial charge on any atom is 0.362 e. The van der Waals surface area contributed by atoms with Crippen molar-refractivity contribution in [3.63, 3.8) is 0 Å². The first-order chi connectivity index (χ1) is 11.9. The van der Waals surface area contributed by atoms with E-state index < -0.39 is 34.7 Å². The number of hydrazone groups is 1. The molecule has 5 nitrogen and oxygen atoms in total. The van der Waals surface area contributed by atoms with Gasteiger partial charge in [0, 0.05) is 5.02 Å². The van der Waals surface area contributed by atoms with E-state index in [1.165, 1.54) is 6.92 Å². The number of carbonyl (C=O) groups excluding carboxylic acids is 2. The van der Waals surface area contributed by atoms with Crippen LogP contribution in [0.3, 0.4) is 0 Å². The van der Waals surface area contributed by atoms with E-state index >= 15 is 0 Å². The van der Waals surface area contributed by atoms with Crippen molar-refractivity contribution in [1.82, 2.24) is 0 Å². The van der Waals surface area contributed by atoms with Crippen LogP contribution in [0.25, 0.3) is 0 Å². The van der Waals surface area contributed by atoms with Crippen molar-refractivity contribution in [2.45, 2.75) is 6.92 Å². The molecule has 0 spiro atoms. The number of ketones is 1. The van der Waals surface area contributed by atoms with Gasteiger partial charge in [-0.25, -0.2) is 13.6 Å². The molecule has 0 aromatic heterocycles. The minimum Gasteiger partial charge on any atom is -0.461 e. The Morgan fingerprint density at radius 1 is 1.12 bits per heavy atom. The first kappa shape index (κ1) is 18.5. The predicted molar refractivity (Wildman–Crippen MR) is 89.8 cm³/mol. The van der Waals surface area contributed by atoms with Crippen LogP contribution in [-0.2, 0) is 9.53 Å². The molecule has 8 heteroatoms.